The van der Waals surface area contributed by atoms with Gasteiger partial charge in [-0.25, -0.2) is 0 Å². The van der Waals surface area contributed by atoms with Gasteiger partial charge in [-0.15, -0.1) is 0 Å². The van der Waals surface area contributed by atoms with Crippen LogP contribution < -0.4 is 0 Å². The first kappa shape index (κ1) is 9.62. The number of rotatable bonds is 3. The zero-order valence-corrected chi connectivity index (χ0v) is 7.99. The Hall–Kier alpha value is -1.47. The summed E-state index contributed by atoms with van der Waals surface area (Å²) in [5.41, 5.74) is 11.9. The molecule has 13 heavy (non-hydrogen) atoms. The van der Waals surface area contributed by atoms with E-state index in [1.54, 1.807) is 0 Å². The molecule has 0 aromatic heterocycles. The molecule has 0 saturated carbocycles. The smallest absolute Gasteiger partial charge is 0.0298 e. The number of hydrogen-bond acceptors (Lipinski definition) is 1. The van der Waals surface area contributed by atoms with Gasteiger partial charge in [0, 0.05) is 11.5 Å². The molecule has 0 spiro atoms. The highest BCUT2D eigenvalue weighted by atomic mass is 15.1. The van der Waals surface area contributed by atoms with E-state index in [1.807, 2.05) is 0 Å². The number of benzene rings is 1. The molecule has 0 aliphatic heterocycles. The second kappa shape index (κ2) is 4.53. The van der Waals surface area contributed by atoms with Crippen LogP contribution >= 0.6 is 0 Å². The lowest BCUT2D eigenvalue weighted by atomic mass is 10.1. The molecule has 1 aromatic rings. The van der Waals surface area contributed by atoms with Gasteiger partial charge in [0.2, 0.25) is 0 Å². The maximum Gasteiger partial charge on any atom is 0.0298 e. The summed E-state index contributed by atoms with van der Waals surface area (Å²) in [7, 11) is 0. The van der Waals surface area contributed by atoms with Gasteiger partial charge in [-0.1, -0.05) is 34.4 Å². The van der Waals surface area contributed by atoms with E-state index in [1.165, 1.54) is 16.7 Å². The van der Waals surface area contributed by atoms with E-state index in [-0.39, 0.29) is 0 Å². The van der Waals surface area contributed by atoms with E-state index in [9.17, 15) is 0 Å². The topological polar surface area (TPSA) is 48.8 Å². The van der Waals surface area contributed by atoms with Gasteiger partial charge in [-0.3, -0.25) is 0 Å². The lowest BCUT2D eigenvalue weighted by molar-refractivity contribution is 0.952. The Morgan fingerprint density at radius 1 is 1.23 bits per heavy atom. The molecule has 0 saturated heterocycles. The SMILES string of the molecule is Cc1cc(C)cc(CCN=[N+]=[N-])c1. The van der Waals surface area contributed by atoms with Gasteiger partial charge in [-0.05, 0) is 31.4 Å². The summed E-state index contributed by atoms with van der Waals surface area (Å²) in [6.07, 6.45) is 0.826. The molecule has 0 aliphatic rings. The highest BCUT2D eigenvalue weighted by Crippen LogP contribution is 2.09. The molecular formula is C10H13N3. The lowest BCUT2D eigenvalue weighted by Gasteiger charge is -2.02. The van der Waals surface area contributed by atoms with Gasteiger partial charge in [0.05, 0.1) is 0 Å². The maximum atomic E-state index is 8.11. The van der Waals surface area contributed by atoms with Gasteiger partial charge >= 0.3 is 0 Å². The monoisotopic (exact) mass is 175 g/mol. The molecule has 0 atom stereocenters. The molecule has 68 valence electrons. The Balaban J connectivity index is 2.71. The van der Waals surface area contributed by atoms with Crippen LogP contribution in [0.1, 0.15) is 16.7 Å². The van der Waals surface area contributed by atoms with Gasteiger partial charge in [-0.2, -0.15) is 0 Å². The predicted molar refractivity (Wildman–Crippen MR) is 53.6 cm³/mol. The minimum atomic E-state index is 0.541. The Bertz CT molecular complexity index is 318. The third-order valence-corrected chi connectivity index (χ3v) is 1.85. The predicted octanol–water partition coefficient (Wildman–Crippen LogP) is 3.16. The Morgan fingerprint density at radius 3 is 2.38 bits per heavy atom. The van der Waals surface area contributed by atoms with E-state index >= 15 is 0 Å². The molecule has 3 heteroatoms. The minimum Gasteiger partial charge on any atom is -0.0936 e. The van der Waals surface area contributed by atoms with E-state index in [0.717, 1.165) is 6.42 Å². The van der Waals surface area contributed by atoms with Crippen LogP contribution in [0.5, 0.6) is 0 Å². The zero-order valence-electron chi connectivity index (χ0n) is 7.99. The summed E-state index contributed by atoms with van der Waals surface area (Å²) in [6.45, 7) is 4.69. The molecule has 0 bridgehead atoms. The Kier molecular flexibility index (Phi) is 3.35. The summed E-state index contributed by atoms with van der Waals surface area (Å²) in [4.78, 5) is 2.72. The fourth-order valence-corrected chi connectivity index (χ4v) is 1.44. The van der Waals surface area contributed by atoms with Crippen LogP contribution in [-0.4, -0.2) is 6.54 Å². The Morgan fingerprint density at radius 2 is 1.85 bits per heavy atom. The van der Waals surface area contributed by atoms with Crippen LogP contribution in [0.4, 0.5) is 0 Å². The third-order valence-electron chi connectivity index (χ3n) is 1.85. The lowest BCUT2D eigenvalue weighted by Crippen LogP contribution is -1.90. The first-order valence-electron chi connectivity index (χ1n) is 4.30. The summed E-state index contributed by atoms with van der Waals surface area (Å²) < 4.78 is 0. The zero-order chi connectivity index (χ0) is 9.68. The van der Waals surface area contributed by atoms with E-state index in [4.69, 9.17) is 5.53 Å². The van der Waals surface area contributed by atoms with E-state index in [0.29, 0.717) is 6.54 Å². The van der Waals surface area contributed by atoms with Crippen molar-refractivity contribution < 1.29 is 0 Å². The number of nitrogens with zero attached hydrogens (tertiary/aromatic N) is 3. The summed E-state index contributed by atoms with van der Waals surface area (Å²) >= 11 is 0. The summed E-state index contributed by atoms with van der Waals surface area (Å²) in [5, 5.41) is 3.51. The number of azide groups is 1. The average Bonchev–Trinajstić information content (AvgIpc) is 2.03. The normalized spacial score (nSPS) is 9.38. The summed E-state index contributed by atoms with van der Waals surface area (Å²) in [5.74, 6) is 0. The molecule has 0 heterocycles. The van der Waals surface area contributed by atoms with Crippen molar-refractivity contribution >= 4 is 0 Å². The molecule has 0 radical (unpaired) electrons. The number of hydrogen-bond donors (Lipinski definition) is 0. The quantitative estimate of drug-likeness (QED) is 0.385. The van der Waals surface area contributed by atoms with Crippen molar-refractivity contribution in [2.75, 3.05) is 6.54 Å². The molecule has 0 amide bonds. The van der Waals surface area contributed by atoms with Crippen LogP contribution in [0.2, 0.25) is 0 Å². The second-order valence-electron chi connectivity index (χ2n) is 3.20. The van der Waals surface area contributed by atoms with Crippen LogP contribution in [-0.2, 0) is 6.42 Å². The molecule has 0 aliphatic carbocycles. The number of aryl methyl sites for hydroxylation is 2. The minimum absolute atomic E-state index is 0.541. The van der Waals surface area contributed by atoms with Crippen molar-refractivity contribution in [1.29, 1.82) is 0 Å². The van der Waals surface area contributed by atoms with Crippen LogP contribution in [0.25, 0.3) is 10.4 Å². The molecular weight excluding hydrogens is 162 g/mol. The van der Waals surface area contributed by atoms with Crippen molar-refractivity contribution in [3.8, 4) is 0 Å². The third kappa shape index (κ3) is 3.18. The van der Waals surface area contributed by atoms with Gasteiger partial charge in [0.15, 0.2) is 0 Å². The summed E-state index contributed by atoms with van der Waals surface area (Å²) in [6, 6.07) is 6.39. The highest BCUT2D eigenvalue weighted by Gasteiger charge is 1.94. The van der Waals surface area contributed by atoms with Crippen molar-refractivity contribution in [1.82, 2.24) is 0 Å². The first-order chi connectivity index (χ1) is 6.22. The largest absolute Gasteiger partial charge is 0.0936 e. The fraction of sp³-hybridized carbons (Fsp3) is 0.400. The molecule has 0 fully saturated rings. The maximum absolute atomic E-state index is 8.11. The van der Waals surface area contributed by atoms with E-state index < -0.39 is 0 Å². The van der Waals surface area contributed by atoms with Crippen molar-refractivity contribution in [2.24, 2.45) is 5.11 Å². The highest BCUT2D eigenvalue weighted by molar-refractivity contribution is 5.28. The van der Waals surface area contributed by atoms with Gasteiger partial charge in [0.1, 0.15) is 0 Å². The standard InChI is InChI=1S/C10H13N3/c1-8-5-9(2)7-10(6-8)3-4-12-13-11/h5-7H,3-4H2,1-2H3. The second-order valence-corrected chi connectivity index (χ2v) is 3.20. The Labute approximate surface area is 78.0 Å². The average molecular weight is 175 g/mol. The van der Waals surface area contributed by atoms with E-state index in [2.05, 4.69) is 42.1 Å². The molecule has 1 aromatic carbocycles. The van der Waals surface area contributed by atoms with Crippen LogP contribution in [0.15, 0.2) is 23.3 Å². The van der Waals surface area contributed by atoms with Crippen LogP contribution in [0, 0.1) is 13.8 Å². The van der Waals surface area contributed by atoms with Crippen LogP contribution in [0.3, 0.4) is 0 Å². The first-order valence-corrected chi connectivity index (χ1v) is 4.30. The molecule has 3 nitrogen and oxygen atoms in total. The fourth-order valence-electron chi connectivity index (χ4n) is 1.44. The van der Waals surface area contributed by atoms with Crippen molar-refractivity contribution in [3.05, 3.63) is 45.3 Å². The molecule has 0 unspecified atom stereocenters. The molecule has 1 rings (SSSR count). The van der Waals surface area contributed by atoms with Gasteiger partial charge < -0.3 is 0 Å². The van der Waals surface area contributed by atoms with Crippen molar-refractivity contribution in [3.63, 3.8) is 0 Å². The van der Waals surface area contributed by atoms with Gasteiger partial charge in [0.25, 0.3) is 0 Å². The molecule has 0 N–H and O–H groups in total. The van der Waals surface area contributed by atoms with Crippen molar-refractivity contribution in [2.45, 2.75) is 20.3 Å².